The molecule has 3 nitrogen and oxygen atoms in total. The van der Waals surface area contributed by atoms with Crippen LogP contribution in [0, 0.1) is 11.6 Å². The lowest BCUT2D eigenvalue weighted by Crippen LogP contribution is -2.57. The van der Waals surface area contributed by atoms with Gasteiger partial charge in [0.25, 0.3) is 0 Å². The van der Waals surface area contributed by atoms with Crippen molar-refractivity contribution in [3.63, 3.8) is 0 Å². The SMILES string of the molecule is COC1CCC(c2ccc(C3CC(C)(C)N([O])C(C)(C)C3)c(F)c2F)CC1. The normalized spacial score (nSPS) is 29.0. The Morgan fingerprint density at radius 1 is 0.889 bits per heavy atom. The summed E-state index contributed by atoms with van der Waals surface area (Å²) in [6.45, 7) is 7.52. The lowest BCUT2D eigenvalue weighted by molar-refractivity contribution is -0.289. The summed E-state index contributed by atoms with van der Waals surface area (Å²) in [5, 5.41) is 13.7. The standard InChI is InChI=1S/C22H32F2NO2/c1-21(2)12-15(13-22(3,4)25(21)26)18-11-10-17(19(23)20(18)24)14-6-8-16(27-5)9-7-14/h10-11,14-16H,6-9,12-13H2,1-5H3. The summed E-state index contributed by atoms with van der Waals surface area (Å²) in [5.41, 5.74) is -0.305. The maximum Gasteiger partial charge on any atom is 0.162 e. The fourth-order valence-electron chi connectivity index (χ4n) is 5.30. The van der Waals surface area contributed by atoms with E-state index in [1.54, 1.807) is 19.2 Å². The zero-order chi connectivity index (χ0) is 20.0. The van der Waals surface area contributed by atoms with Crippen LogP contribution in [0.3, 0.4) is 0 Å². The highest BCUT2D eigenvalue weighted by molar-refractivity contribution is 5.32. The minimum absolute atomic E-state index is 0.0521. The van der Waals surface area contributed by atoms with Crippen LogP contribution in [0.1, 0.15) is 89.2 Å². The van der Waals surface area contributed by atoms with E-state index in [9.17, 15) is 9.60 Å². The summed E-state index contributed by atoms with van der Waals surface area (Å²) in [4.78, 5) is 0. The topological polar surface area (TPSA) is 32.4 Å². The number of piperidine rings is 1. The van der Waals surface area contributed by atoms with Gasteiger partial charge in [0.1, 0.15) is 0 Å². The fraction of sp³-hybridized carbons (Fsp3) is 0.727. The summed E-state index contributed by atoms with van der Waals surface area (Å²) in [6.07, 6.45) is 4.69. The molecular weight excluding hydrogens is 348 g/mol. The van der Waals surface area contributed by atoms with Gasteiger partial charge in [0.05, 0.1) is 6.10 Å². The number of nitrogens with zero attached hydrogens (tertiary/aromatic N) is 1. The third kappa shape index (κ3) is 3.92. The number of hydrogen-bond donors (Lipinski definition) is 0. The van der Waals surface area contributed by atoms with Gasteiger partial charge in [-0.25, -0.2) is 8.78 Å². The molecule has 1 radical (unpaired) electrons. The fourth-order valence-corrected chi connectivity index (χ4v) is 5.30. The molecule has 1 aromatic carbocycles. The molecule has 1 heterocycles. The average molecular weight is 380 g/mol. The number of rotatable bonds is 3. The van der Waals surface area contributed by atoms with E-state index in [1.807, 2.05) is 27.7 Å². The van der Waals surface area contributed by atoms with E-state index in [0.717, 1.165) is 30.7 Å². The van der Waals surface area contributed by atoms with E-state index in [0.29, 0.717) is 24.0 Å². The van der Waals surface area contributed by atoms with Crippen LogP contribution < -0.4 is 0 Å². The molecule has 27 heavy (non-hydrogen) atoms. The molecule has 5 heteroatoms. The van der Waals surface area contributed by atoms with Crippen LogP contribution in [0.5, 0.6) is 0 Å². The van der Waals surface area contributed by atoms with Crippen molar-refractivity contribution >= 4 is 0 Å². The van der Waals surface area contributed by atoms with Gasteiger partial charge in [-0.1, -0.05) is 12.1 Å². The predicted octanol–water partition coefficient (Wildman–Crippen LogP) is 5.72. The number of hydrogen-bond acceptors (Lipinski definition) is 2. The quantitative estimate of drug-likeness (QED) is 0.672. The maximum atomic E-state index is 15.1. The van der Waals surface area contributed by atoms with Crippen molar-refractivity contribution in [2.75, 3.05) is 7.11 Å². The first-order chi connectivity index (χ1) is 12.6. The molecule has 1 saturated carbocycles. The van der Waals surface area contributed by atoms with Crippen LogP contribution in [0.25, 0.3) is 0 Å². The molecular formula is C22H32F2NO2. The van der Waals surface area contributed by atoms with Gasteiger partial charge >= 0.3 is 0 Å². The van der Waals surface area contributed by atoms with Crippen LogP contribution in [-0.4, -0.2) is 29.4 Å². The molecule has 1 saturated heterocycles. The number of halogens is 2. The summed E-state index contributed by atoms with van der Waals surface area (Å²) < 4.78 is 35.4. The van der Waals surface area contributed by atoms with Crippen molar-refractivity contribution in [1.82, 2.24) is 5.06 Å². The van der Waals surface area contributed by atoms with Crippen LogP contribution in [0.2, 0.25) is 0 Å². The molecule has 3 rings (SSSR count). The van der Waals surface area contributed by atoms with Gasteiger partial charge in [-0.3, -0.25) is 0 Å². The van der Waals surface area contributed by atoms with E-state index in [4.69, 9.17) is 4.74 Å². The van der Waals surface area contributed by atoms with Gasteiger partial charge < -0.3 is 4.74 Å². The van der Waals surface area contributed by atoms with Crippen LogP contribution in [0.4, 0.5) is 8.78 Å². The summed E-state index contributed by atoms with van der Waals surface area (Å²) >= 11 is 0. The Bertz CT molecular complexity index is 663. The first kappa shape index (κ1) is 20.7. The number of methoxy groups -OCH3 is 1. The third-order valence-corrected chi connectivity index (χ3v) is 6.62. The maximum absolute atomic E-state index is 15.1. The second-order valence-corrected chi connectivity index (χ2v) is 9.61. The van der Waals surface area contributed by atoms with Crippen molar-refractivity contribution in [2.45, 2.75) is 95.2 Å². The van der Waals surface area contributed by atoms with E-state index < -0.39 is 22.7 Å². The smallest absolute Gasteiger partial charge is 0.162 e. The van der Waals surface area contributed by atoms with Crippen molar-refractivity contribution in [3.8, 4) is 0 Å². The van der Waals surface area contributed by atoms with Crippen LogP contribution in [-0.2, 0) is 9.94 Å². The van der Waals surface area contributed by atoms with E-state index >= 15 is 4.39 Å². The minimum atomic E-state index is -0.725. The molecule has 0 amide bonds. The molecule has 0 unspecified atom stereocenters. The third-order valence-electron chi connectivity index (χ3n) is 6.62. The molecule has 1 aliphatic carbocycles. The Balaban J connectivity index is 1.85. The lowest BCUT2D eigenvalue weighted by Gasteiger charge is -2.50. The Hall–Kier alpha value is -1.04. The molecule has 0 aromatic heterocycles. The number of hydroxylamine groups is 2. The van der Waals surface area contributed by atoms with E-state index in [1.165, 1.54) is 0 Å². The van der Waals surface area contributed by atoms with Gasteiger partial charge in [0.15, 0.2) is 11.6 Å². The molecule has 0 spiro atoms. The first-order valence-electron chi connectivity index (χ1n) is 10.0. The van der Waals surface area contributed by atoms with Crippen LogP contribution >= 0.6 is 0 Å². The Morgan fingerprint density at radius 2 is 1.33 bits per heavy atom. The molecule has 0 atom stereocenters. The highest BCUT2D eigenvalue weighted by Gasteiger charge is 2.47. The van der Waals surface area contributed by atoms with Gasteiger partial charge in [0, 0.05) is 18.2 Å². The van der Waals surface area contributed by atoms with Gasteiger partial charge in [0.2, 0.25) is 0 Å². The van der Waals surface area contributed by atoms with Gasteiger partial charge in [-0.05, 0) is 89.2 Å². The minimum Gasteiger partial charge on any atom is -0.381 e. The Kier molecular flexibility index (Phi) is 5.68. The second kappa shape index (κ2) is 7.41. The van der Waals surface area contributed by atoms with Crippen molar-refractivity contribution in [1.29, 1.82) is 0 Å². The van der Waals surface area contributed by atoms with Gasteiger partial charge in [-0.2, -0.15) is 0 Å². The number of ether oxygens (including phenoxy) is 1. The molecule has 151 valence electrons. The molecule has 2 aliphatic rings. The molecule has 1 aromatic rings. The summed E-state index contributed by atoms with van der Waals surface area (Å²) in [7, 11) is 1.70. The van der Waals surface area contributed by atoms with Gasteiger partial charge in [-0.15, -0.1) is 10.3 Å². The van der Waals surface area contributed by atoms with Crippen LogP contribution in [0.15, 0.2) is 12.1 Å². The van der Waals surface area contributed by atoms with Crippen molar-refractivity contribution < 1.29 is 18.7 Å². The molecule has 2 fully saturated rings. The van der Waals surface area contributed by atoms with Crippen molar-refractivity contribution in [2.24, 2.45) is 0 Å². The molecule has 1 aliphatic heterocycles. The zero-order valence-electron chi connectivity index (χ0n) is 17.1. The Labute approximate surface area is 161 Å². The van der Waals surface area contributed by atoms with E-state index in [2.05, 4.69) is 0 Å². The monoisotopic (exact) mass is 380 g/mol. The number of benzene rings is 1. The average Bonchev–Trinajstić information content (AvgIpc) is 2.61. The summed E-state index contributed by atoms with van der Waals surface area (Å²) in [6, 6.07) is 3.53. The predicted molar refractivity (Wildman–Crippen MR) is 101 cm³/mol. The summed E-state index contributed by atoms with van der Waals surface area (Å²) in [5.74, 6) is -1.53. The van der Waals surface area contributed by atoms with Crippen molar-refractivity contribution in [3.05, 3.63) is 34.9 Å². The second-order valence-electron chi connectivity index (χ2n) is 9.61. The highest BCUT2D eigenvalue weighted by Crippen LogP contribution is 2.46. The Morgan fingerprint density at radius 3 is 1.78 bits per heavy atom. The largest absolute Gasteiger partial charge is 0.381 e. The zero-order valence-corrected chi connectivity index (χ0v) is 17.1. The molecule has 0 N–H and O–H groups in total. The first-order valence-corrected chi connectivity index (χ1v) is 10.0. The van der Waals surface area contributed by atoms with E-state index in [-0.39, 0.29) is 17.9 Å². The molecule has 0 bridgehead atoms. The highest BCUT2D eigenvalue weighted by atomic mass is 19.2. The lowest BCUT2D eigenvalue weighted by atomic mass is 9.72.